The predicted molar refractivity (Wildman–Crippen MR) is 116 cm³/mol. The minimum absolute atomic E-state index is 0.450. The smallest absolute Gasteiger partial charge is 0.233 e. The van der Waals surface area contributed by atoms with Crippen molar-refractivity contribution in [2.45, 2.75) is 19.6 Å². The normalized spacial score (nSPS) is 14.1. The molecule has 2 aliphatic rings. The van der Waals surface area contributed by atoms with Crippen LogP contribution in [0.2, 0.25) is 0 Å². The predicted octanol–water partition coefficient (Wildman–Crippen LogP) is 2.01. The summed E-state index contributed by atoms with van der Waals surface area (Å²) in [5.41, 5.74) is 0. The summed E-state index contributed by atoms with van der Waals surface area (Å²) in [5, 5.41) is 0. The molecule has 4 aromatic carbocycles. The highest BCUT2D eigenvalue weighted by molar-refractivity contribution is 8.03. The number of rotatable bonds is 1. The highest BCUT2D eigenvalue weighted by Crippen LogP contribution is 2.47. The van der Waals surface area contributed by atoms with Crippen LogP contribution in [0.4, 0.5) is 0 Å². The Hall–Kier alpha value is -2.89. The Morgan fingerprint density at radius 2 is 0.912 bits per heavy atom. The van der Waals surface area contributed by atoms with Crippen LogP contribution < -0.4 is 28.1 Å². The Bertz CT molecular complexity index is 1290. The van der Waals surface area contributed by atoms with E-state index in [1.165, 1.54) is 0 Å². The van der Waals surface area contributed by atoms with E-state index in [9.17, 15) is 0 Å². The molecular weight excluding hydrogens is 498 g/mol. The second-order valence-corrected chi connectivity index (χ2v) is 11.3. The van der Waals surface area contributed by atoms with Crippen LogP contribution in [0.15, 0.2) is 120 Å². The molecule has 2 aliphatic heterocycles. The molecule has 0 atom stereocenters. The van der Waals surface area contributed by atoms with Crippen LogP contribution in [0.1, 0.15) is 0 Å². The molecule has 34 heavy (non-hydrogen) atoms. The molecule has 0 unspecified atom stereocenters. The van der Waals surface area contributed by atoms with Crippen molar-refractivity contribution < 1.29 is 38.4 Å². The van der Waals surface area contributed by atoms with Crippen LogP contribution in [0.25, 0.3) is 0 Å². The summed E-state index contributed by atoms with van der Waals surface area (Å²) in [6.07, 6.45) is 0. The monoisotopic (exact) mass is 513 g/mol. The van der Waals surface area contributed by atoms with Crippen LogP contribution in [-0.2, 0) is 21.8 Å². The SMILES string of the molecule is [O-][Cl+3]([O-])([O-])[O-].c1ccc2c(c1)Oc1ccccc1S2=N[S+]1c2ccccc2Oc2ccccc21. The number of para-hydroxylation sites is 4. The minimum atomic E-state index is -4.94. The lowest BCUT2D eigenvalue weighted by molar-refractivity contribution is -2.00. The summed E-state index contributed by atoms with van der Waals surface area (Å²) in [7, 11) is -5.39. The van der Waals surface area contributed by atoms with E-state index in [0.717, 1.165) is 42.6 Å². The number of halogens is 1. The third kappa shape index (κ3) is 4.82. The van der Waals surface area contributed by atoms with E-state index in [1.807, 2.05) is 48.5 Å². The molecule has 2 heterocycles. The molecule has 172 valence electrons. The van der Waals surface area contributed by atoms with Gasteiger partial charge in [0.05, 0.1) is 9.79 Å². The lowest BCUT2D eigenvalue weighted by atomic mass is 10.3. The van der Waals surface area contributed by atoms with Crippen molar-refractivity contribution in [1.29, 1.82) is 0 Å². The van der Waals surface area contributed by atoms with Gasteiger partial charge in [0.1, 0.15) is 11.5 Å². The summed E-state index contributed by atoms with van der Waals surface area (Å²) in [4.78, 5) is 4.50. The second kappa shape index (κ2) is 9.40. The quantitative estimate of drug-likeness (QED) is 0.316. The summed E-state index contributed by atoms with van der Waals surface area (Å²) in [5.74, 6) is 3.54. The molecule has 0 saturated heterocycles. The largest absolute Gasteiger partial charge is 0.455 e. The molecule has 0 spiro atoms. The zero-order valence-electron chi connectivity index (χ0n) is 17.3. The van der Waals surface area contributed by atoms with E-state index in [0.29, 0.717) is 0 Å². The Balaban J connectivity index is 0.000000439. The van der Waals surface area contributed by atoms with Crippen molar-refractivity contribution in [3.8, 4) is 23.0 Å². The molecule has 0 aliphatic carbocycles. The van der Waals surface area contributed by atoms with Gasteiger partial charge in [-0.05, 0) is 40.2 Å². The van der Waals surface area contributed by atoms with Gasteiger partial charge < -0.3 is 9.47 Å². The number of benzene rings is 4. The van der Waals surface area contributed by atoms with E-state index < -0.39 is 32.0 Å². The molecule has 4 aromatic rings. The lowest BCUT2D eigenvalue weighted by Gasteiger charge is -2.22. The van der Waals surface area contributed by atoms with Gasteiger partial charge in [-0.1, -0.05) is 48.5 Å². The summed E-state index contributed by atoms with van der Waals surface area (Å²) in [6.45, 7) is 0. The van der Waals surface area contributed by atoms with Gasteiger partial charge in [0.15, 0.2) is 11.5 Å². The third-order valence-electron chi connectivity index (χ3n) is 4.82. The maximum Gasteiger partial charge on any atom is 0.233 e. The fourth-order valence-corrected chi connectivity index (χ4v) is 7.87. The highest BCUT2D eigenvalue weighted by Gasteiger charge is 2.39. The molecule has 0 amide bonds. The fourth-order valence-electron chi connectivity index (χ4n) is 3.49. The Labute approximate surface area is 203 Å². The van der Waals surface area contributed by atoms with Gasteiger partial charge in [0.25, 0.3) is 0 Å². The third-order valence-corrected chi connectivity index (χ3v) is 9.03. The number of hydrogen-bond acceptors (Lipinski definition) is 7. The number of ether oxygens (including phenoxy) is 2. The minimum Gasteiger partial charge on any atom is -0.455 e. The van der Waals surface area contributed by atoms with Gasteiger partial charge in [-0.3, -0.25) is 0 Å². The van der Waals surface area contributed by atoms with Crippen molar-refractivity contribution >= 4 is 21.8 Å². The Morgan fingerprint density at radius 3 is 1.38 bits per heavy atom. The molecule has 0 fully saturated rings. The first-order chi connectivity index (χ1) is 16.4. The first kappa shape index (κ1) is 22.9. The molecule has 7 nitrogen and oxygen atoms in total. The van der Waals surface area contributed by atoms with Crippen LogP contribution in [0, 0.1) is 10.2 Å². The van der Waals surface area contributed by atoms with Crippen molar-refractivity contribution in [3.05, 3.63) is 97.1 Å². The average Bonchev–Trinajstić information content (AvgIpc) is 2.82. The molecule has 0 radical (unpaired) electrons. The number of hydrogen-bond donors (Lipinski definition) is 0. The van der Waals surface area contributed by atoms with Gasteiger partial charge in [0.2, 0.25) is 20.9 Å². The summed E-state index contributed by atoms with van der Waals surface area (Å²) < 4.78 is 51.8. The summed E-state index contributed by atoms with van der Waals surface area (Å²) in [6, 6.07) is 32.9. The molecule has 0 N–H and O–H groups in total. The second-order valence-electron chi connectivity index (χ2n) is 7.01. The van der Waals surface area contributed by atoms with E-state index in [-0.39, 0.29) is 0 Å². The van der Waals surface area contributed by atoms with Crippen LogP contribution in [-0.4, -0.2) is 0 Å². The zero-order chi connectivity index (χ0) is 23.7. The van der Waals surface area contributed by atoms with Gasteiger partial charge in [-0.2, -0.15) is 0 Å². The average molecular weight is 514 g/mol. The first-order valence-electron chi connectivity index (χ1n) is 9.92. The van der Waals surface area contributed by atoms with E-state index in [2.05, 4.69) is 48.5 Å². The Kier molecular flexibility index (Phi) is 6.32. The Morgan fingerprint density at radius 1 is 0.559 bits per heavy atom. The molecule has 0 saturated carbocycles. The van der Waals surface area contributed by atoms with Gasteiger partial charge in [0, 0.05) is 22.8 Å². The van der Waals surface area contributed by atoms with Crippen molar-refractivity contribution in [3.63, 3.8) is 0 Å². The number of fused-ring (bicyclic) bond motifs is 4. The number of nitrogens with zero attached hydrogens (tertiary/aromatic N) is 1. The lowest BCUT2D eigenvalue weighted by Crippen LogP contribution is -2.68. The first-order valence-corrected chi connectivity index (χ1v) is 13.5. The highest BCUT2D eigenvalue weighted by atomic mass is 35.7. The molecule has 0 bridgehead atoms. The van der Waals surface area contributed by atoms with E-state index in [1.54, 1.807) is 0 Å². The maximum absolute atomic E-state index is 8.49. The maximum atomic E-state index is 8.49. The van der Waals surface area contributed by atoms with Gasteiger partial charge in [-0.25, -0.2) is 18.6 Å². The molecular formula is C24H16ClNO6S2. The molecule has 10 heteroatoms. The summed E-state index contributed by atoms with van der Waals surface area (Å²) >= 11 is -0.450. The fraction of sp³-hybridized carbons (Fsp3) is 0. The standard InChI is InChI=1S/C24H16NO2S2.ClHO4/c1-5-13-21-17(9-1)26-18-10-2-6-14-22(18)28(21)25-29-23-15-7-3-11-19(23)27-20-12-4-8-16-24(20)29;2-1(3,4)5/h1-16H;(H,2,3,4,5)/q+1;/p-1. The van der Waals surface area contributed by atoms with Crippen molar-refractivity contribution in [1.82, 2.24) is 0 Å². The van der Waals surface area contributed by atoms with Crippen molar-refractivity contribution in [2.75, 3.05) is 0 Å². The van der Waals surface area contributed by atoms with Crippen LogP contribution in [0.3, 0.4) is 0 Å². The van der Waals surface area contributed by atoms with Gasteiger partial charge in [-0.15, -0.1) is 10.2 Å². The van der Waals surface area contributed by atoms with E-state index in [4.69, 9.17) is 31.9 Å². The van der Waals surface area contributed by atoms with Crippen LogP contribution >= 0.6 is 0 Å². The molecule has 0 aromatic heterocycles. The molecule has 6 rings (SSSR count). The van der Waals surface area contributed by atoms with Crippen LogP contribution in [0.5, 0.6) is 23.0 Å². The zero-order valence-corrected chi connectivity index (χ0v) is 19.7. The van der Waals surface area contributed by atoms with Gasteiger partial charge >= 0.3 is 0 Å². The van der Waals surface area contributed by atoms with Crippen molar-refractivity contribution in [2.24, 2.45) is 3.77 Å². The topological polar surface area (TPSA) is 123 Å². The van der Waals surface area contributed by atoms with E-state index >= 15 is 0 Å².